The van der Waals surface area contributed by atoms with Crippen LogP contribution in [0.5, 0.6) is 5.75 Å². The van der Waals surface area contributed by atoms with E-state index < -0.39 is 0 Å². The van der Waals surface area contributed by atoms with Crippen molar-refractivity contribution in [3.63, 3.8) is 0 Å². The second-order valence-electron chi connectivity index (χ2n) is 4.82. The number of fused-ring (bicyclic) bond motifs is 3. The van der Waals surface area contributed by atoms with Crippen molar-refractivity contribution in [3.8, 4) is 28.5 Å². The Morgan fingerprint density at radius 3 is 2.75 bits per heavy atom. The lowest BCUT2D eigenvalue weighted by Crippen LogP contribution is -1.97. The molecule has 0 amide bonds. The van der Waals surface area contributed by atoms with E-state index in [1.165, 1.54) is 11.1 Å². The maximum atomic E-state index is 5.28. The van der Waals surface area contributed by atoms with Crippen LogP contribution >= 0.6 is 0 Å². The van der Waals surface area contributed by atoms with Crippen molar-refractivity contribution in [2.24, 2.45) is 0 Å². The number of hydrogen-bond donors (Lipinski definition) is 0. The summed E-state index contributed by atoms with van der Waals surface area (Å²) in [6.45, 7) is 0.824. The van der Waals surface area contributed by atoms with Gasteiger partial charge >= 0.3 is 0 Å². The van der Waals surface area contributed by atoms with Crippen LogP contribution < -0.4 is 4.74 Å². The van der Waals surface area contributed by atoms with E-state index in [1.807, 2.05) is 30.3 Å². The average molecular weight is 263 g/mol. The fourth-order valence-corrected chi connectivity index (χ4v) is 2.67. The molecule has 0 N–H and O–H groups in total. The molecule has 1 aliphatic rings. The normalized spacial score (nSPS) is 12.1. The van der Waals surface area contributed by atoms with E-state index >= 15 is 0 Å². The summed E-state index contributed by atoms with van der Waals surface area (Å²) in [6.07, 6.45) is 0. The summed E-state index contributed by atoms with van der Waals surface area (Å²) < 4.78 is 7.43. The number of ether oxygens (including phenoxy) is 1. The third-order valence-electron chi connectivity index (χ3n) is 3.67. The Balaban J connectivity index is 1.85. The van der Waals surface area contributed by atoms with Crippen molar-refractivity contribution in [3.05, 3.63) is 54.1 Å². The van der Waals surface area contributed by atoms with Crippen LogP contribution in [0.15, 0.2) is 48.5 Å². The standard InChI is InChI=1S/C16H13N3O/c1-20-13-7-4-6-11(9-13)15-17-18-16-14-8-3-2-5-12(14)10-19(15)16/h2-9H,10H2,1H3. The van der Waals surface area contributed by atoms with Crippen molar-refractivity contribution < 1.29 is 4.74 Å². The minimum absolute atomic E-state index is 0.824. The van der Waals surface area contributed by atoms with E-state index in [0.717, 1.165) is 29.5 Å². The van der Waals surface area contributed by atoms with Gasteiger partial charge in [-0.25, -0.2) is 0 Å². The van der Waals surface area contributed by atoms with E-state index in [-0.39, 0.29) is 0 Å². The van der Waals surface area contributed by atoms with E-state index in [4.69, 9.17) is 4.74 Å². The van der Waals surface area contributed by atoms with Gasteiger partial charge in [0.15, 0.2) is 11.6 Å². The van der Waals surface area contributed by atoms with Crippen LogP contribution in [0.3, 0.4) is 0 Å². The lowest BCUT2D eigenvalue weighted by atomic mass is 10.1. The van der Waals surface area contributed by atoms with Crippen molar-refractivity contribution in [2.45, 2.75) is 6.54 Å². The summed E-state index contributed by atoms with van der Waals surface area (Å²) in [6, 6.07) is 16.2. The molecule has 2 aromatic carbocycles. The molecule has 0 atom stereocenters. The first-order valence-corrected chi connectivity index (χ1v) is 6.53. The third kappa shape index (κ3) is 1.54. The first-order valence-electron chi connectivity index (χ1n) is 6.53. The maximum Gasteiger partial charge on any atom is 0.164 e. The van der Waals surface area contributed by atoms with Crippen LogP contribution in [0, 0.1) is 0 Å². The zero-order valence-corrected chi connectivity index (χ0v) is 11.1. The second kappa shape index (κ2) is 4.20. The predicted octanol–water partition coefficient (Wildman–Crippen LogP) is 2.98. The van der Waals surface area contributed by atoms with Crippen molar-refractivity contribution in [1.82, 2.24) is 14.8 Å². The first-order chi connectivity index (χ1) is 9.86. The molecular formula is C16H13N3O. The maximum absolute atomic E-state index is 5.28. The molecule has 0 bridgehead atoms. The van der Waals surface area contributed by atoms with Gasteiger partial charge in [0.1, 0.15) is 5.75 Å². The SMILES string of the molecule is COc1cccc(-c2nnc3n2Cc2ccccc2-3)c1. The molecule has 0 spiro atoms. The highest BCUT2D eigenvalue weighted by Gasteiger charge is 2.23. The van der Waals surface area contributed by atoms with Gasteiger partial charge in [-0.2, -0.15) is 0 Å². The van der Waals surface area contributed by atoms with Gasteiger partial charge in [-0.05, 0) is 17.7 Å². The molecule has 0 unspecified atom stereocenters. The molecule has 4 heteroatoms. The molecule has 0 saturated carbocycles. The van der Waals surface area contributed by atoms with E-state index in [2.05, 4.69) is 33.0 Å². The Kier molecular flexibility index (Phi) is 2.36. The first kappa shape index (κ1) is 11.2. The van der Waals surface area contributed by atoms with Crippen molar-refractivity contribution in [2.75, 3.05) is 7.11 Å². The molecule has 20 heavy (non-hydrogen) atoms. The quantitative estimate of drug-likeness (QED) is 0.558. The van der Waals surface area contributed by atoms with Crippen LogP contribution in [0.2, 0.25) is 0 Å². The van der Waals surface area contributed by atoms with Gasteiger partial charge in [0.25, 0.3) is 0 Å². The number of nitrogens with zero attached hydrogens (tertiary/aromatic N) is 3. The molecule has 0 aliphatic carbocycles. The summed E-state index contributed by atoms with van der Waals surface area (Å²) >= 11 is 0. The molecule has 0 fully saturated rings. The summed E-state index contributed by atoms with van der Waals surface area (Å²) in [5.41, 5.74) is 3.49. The van der Waals surface area contributed by atoms with E-state index in [1.54, 1.807) is 7.11 Å². The highest BCUT2D eigenvalue weighted by atomic mass is 16.5. The summed E-state index contributed by atoms with van der Waals surface area (Å²) in [5, 5.41) is 8.68. The van der Waals surface area contributed by atoms with Gasteiger partial charge in [-0.15, -0.1) is 10.2 Å². The lowest BCUT2D eigenvalue weighted by Gasteiger charge is -2.05. The minimum atomic E-state index is 0.824. The second-order valence-corrected chi connectivity index (χ2v) is 4.82. The van der Waals surface area contributed by atoms with Gasteiger partial charge in [-0.1, -0.05) is 36.4 Å². The molecule has 98 valence electrons. The van der Waals surface area contributed by atoms with Crippen LogP contribution in [-0.2, 0) is 6.54 Å². The molecule has 2 heterocycles. The molecule has 0 saturated heterocycles. The Labute approximate surface area is 116 Å². The highest BCUT2D eigenvalue weighted by Crippen LogP contribution is 2.34. The predicted molar refractivity (Wildman–Crippen MR) is 76.5 cm³/mol. The zero-order valence-electron chi connectivity index (χ0n) is 11.1. The van der Waals surface area contributed by atoms with Crippen LogP contribution in [0.25, 0.3) is 22.8 Å². The lowest BCUT2D eigenvalue weighted by molar-refractivity contribution is 0.415. The minimum Gasteiger partial charge on any atom is -0.497 e. The topological polar surface area (TPSA) is 39.9 Å². The molecule has 3 aromatic rings. The van der Waals surface area contributed by atoms with Gasteiger partial charge in [0.2, 0.25) is 0 Å². The van der Waals surface area contributed by atoms with E-state index in [9.17, 15) is 0 Å². The van der Waals surface area contributed by atoms with Crippen molar-refractivity contribution in [1.29, 1.82) is 0 Å². The molecule has 1 aliphatic heterocycles. The fourth-order valence-electron chi connectivity index (χ4n) is 2.67. The fraction of sp³-hybridized carbons (Fsp3) is 0.125. The molecule has 0 radical (unpaired) electrons. The Hall–Kier alpha value is -2.62. The molecule has 4 nitrogen and oxygen atoms in total. The third-order valence-corrected chi connectivity index (χ3v) is 3.67. The van der Waals surface area contributed by atoms with Crippen LogP contribution in [-0.4, -0.2) is 21.9 Å². The molecule has 4 rings (SSSR count). The Morgan fingerprint density at radius 1 is 1.00 bits per heavy atom. The molecular weight excluding hydrogens is 250 g/mol. The van der Waals surface area contributed by atoms with Gasteiger partial charge in [-0.3, -0.25) is 0 Å². The number of rotatable bonds is 2. The molecule has 1 aromatic heterocycles. The van der Waals surface area contributed by atoms with Crippen molar-refractivity contribution >= 4 is 0 Å². The number of aromatic nitrogens is 3. The van der Waals surface area contributed by atoms with Crippen LogP contribution in [0.4, 0.5) is 0 Å². The monoisotopic (exact) mass is 263 g/mol. The smallest absolute Gasteiger partial charge is 0.164 e. The van der Waals surface area contributed by atoms with Gasteiger partial charge in [0.05, 0.1) is 13.7 Å². The number of methoxy groups -OCH3 is 1. The Bertz CT molecular complexity index is 792. The van der Waals surface area contributed by atoms with Crippen LogP contribution in [0.1, 0.15) is 5.56 Å². The van der Waals surface area contributed by atoms with Gasteiger partial charge < -0.3 is 9.30 Å². The summed E-state index contributed by atoms with van der Waals surface area (Å²) in [7, 11) is 1.67. The largest absolute Gasteiger partial charge is 0.497 e. The number of benzene rings is 2. The summed E-state index contributed by atoms with van der Waals surface area (Å²) in [4.78, 5) is 0. The highest BCUT2D eigenvalue weighted by molar-refractivity contribution is 5.69. The number of hydrogen-bond acceptors (Lipinski definition) is 3. The zero-order chi connectivity index (χ0) is 13.5. The van der Waals surface area contributed by atoms with E-state index in [0.29, 0.717) is 0 Å². The summed E-state index contributed by atoms with van der Waals surface area (Å²) in [5.74, 6) is 2.66. The van der Waals surface area contributed by atoms with Gasteiger partial charge in [0, 0.05) is 11.1 Å². The Morgan fingerprint density at radius 2 is 1.85 bits per heavy atom. The average Bonchev–Trinajstić information content (AvgIpc) is 3.06.